The Kier molecular flexibility index (Phi) is 4.34. The zero-order valence-electron chi connectivity index (χ0n) is 11.4. The molecule has 0 atom stereocenters. The van der Waals surface area contributed by atoms with Gasteiger partial charge in [0.1, 0.15) is 12.7 Å². The monoisotopic (exact) mass is 305 g/mol. The lowest BCUT2D eigenvalue weighted by molar-refractivity contribution is 0.0943. The highest BCUT2D eigenvalue weighted by Gasteiger charge is 2.16. The average Bonchev–Trinajstić information content (AvgIpc) is 3.25. The van der Waals surface area contributed by atoms with Crippen LogP contribution in [-0.2, 0) is 6.54 Å². The van der Waals surface area contributed by atoms with Gasteiger partial charge < -0.3 is 9.84 Å². The third-order valence-electron chi connectivity index (χ3n) is 3.01. The Hall–Kier alpha value is -2.09. The molecule has 1 aliphatic rings. The van der Waals surface area contributed by atoms with E-state index in [-0.39, 0.29) is 5.91 Å². The predicted octanol–water partition coefficient (Wildman–Crippen LogP) is 1.56. The van der Waals surface area contributed by atoms with Crippen molar-refractivity contribution in [3.05, 3.63) is 36.3 Å². The number of hydrogen-bond donors (Lipinski definition) is 1. The third-order valence-corrected chi connectivity index (χ3v) is 4.13. The minimum atomic E-state index is -0.216. The topological polar surface area (TPSA) is 85.8 Å². The highest BCUT2D eigenvalue weighted by atomic mass is 32.2. The third kappa shape index (κ3) is 3.52. The van der Waals surface area contributed by atoms with Crippen LogP contribution in [-0.4, -0.2) is 38.1 Å². The molecule has 7 nitrogen and oxygen atoms in total. The number of amides is 1. The molecule has 3 heterocycles. The Labute approximate surface area is 125 Å². The average molecular weight is 305 g/mol. The summed E-state index contributed by atoms with van der Waals surface area (Å²) in [7, 11) is 0. The summed E-state index contributed by atoms with van der Waals surface area (Å²) < 4.78 is 6.94. The summed E-state index contributed by atoms with van der Waals surface area (Å²) in [6.45, 7) is 1.27. The van der Waals surface area contributed by atoms with Gasteiger partial charge in [-0.15, -0.1) is 11.8 Å². The number of carbonyl (C=O) groups excluding carboxylic acids is 1. The van der Waals surface area contributed by atoms with E-state index in [4.69, 9.17) is 4.52 Å². The Balaban J connectivity index is 1.46. The number of allylic oxidation sites excluding steroid dienone is 1. The van der Waals surface area contributed by atoms with Gasteiger partial charge in [0, 0.05) is 29.8 Å². The number of aryl methyl sites for hydroxylation is 1. The molecule has 0 bridgehead atoms. The number of rotatable bonds is 6. The van der Waals surface area contributed by atoms with E-state index >= 15 is 0 Å². The maximum Gasteiger partial charge on any atom is 0.273 e. The van der Waals surface area contributed by atoms with Crippen molar-refractivity contribution in [1.82, 2.24) is 25.2 Å². The van der Waals surface area contributed by atoms with Crippen LogP contribution in [0.2, 0.25) is 0 Å². The zero-order valence-corrected chi connectivity index (χ0v) is 12.2. The number of nitrogens with zero attached hydrogens (tertiary/aromatic N) is 4. The smallest absolute Gasteiger partial charge is 0.273 e. The fraction of sp³-hybridized carbons (Fsp3) is 0.385. The molecular weight excluding hydrogens is 290 g/mol. The highest BCUT2D eigenvalue weighted by molar-refractivity contribution is 8.08. The molecule has 0 aromatic carbocycles. The zero-order chi connectivity index (χ0) is 14.5. The van der Waals surface area contributed by atoms with Crippen LogP contribution in [0.3, 0.4) is 0 Å². The van der Waals surface area contributed by atoms with E-state index in [1.165, 1.54) is 6.33 Å². The molecule has 1 aliphatic heterocycles. The Morgan fingerprint density at radius 3 is 3.24 bits per heavy atom. The van der Waals surface area contributed by atoms with E-state index in [0.717, 1.165) is 23.5 Å². The van der Waals surface area contributed by atoms with Crippen molar-refractivity contribution >= 4 is 22.6 Å². The van der Waals surface area contributed by atoms with E-state index in [1.54, 1.807) is 28.8 Å². The van der Waals surface area contributed by atoms with Gasteiger partial charge in [-0.1, -0.05) is 11.2 Å². The molecule has 0 aliphatic carbocycles. The van der Waals surface area contributed by atoms with Gasteiger partial charge in [0.25, 0.3) is 5.91 Å². The summed E-state index contributed by atoms with van der Waals surface area (Å²) in [5.74, 6) is 1.51. The number of hydrogen-bond acceptors (Lipinski definition) is 6. The molecular formula is C13H15N5O2S. The summed E-state index contributed by atoms with van der Waals surface area (Å²) in [6.07, 6.45) is 7.06. The molecule has 0 saturated carbocycles. The Bertz CT molecular complexity index is 635. The van der Waals surface area contributed by atoms with Gasteiger partial charge in [0.15, 0.2) is 11.5 Å². The Morgan fingerprint density at radius 1 is 1.52 bits per heavy atom. The molecule has 3 rings (SSSR count). The normalized spacial score (nSPS) is 14.2. The van der Waals surface area contributed by atoms with Gasteiger partial charge >= 0.3 is 0 Å². The molecule has 8 heteroatoms. The minimum absolute atomic E-state index is 0.216. The van der Waals surface area contributed by atoms with Crippen LogP contribution in [0.5, 0.6) is 0 Å². The van der Waals surface area contributed by atoms with E-state index in [0.29, 0.717) is 24.5 Å². The van der Waals surface area contributed by atoms with E-state index in [9.17, 15) is 4.79 Å². The quantitative estimate of drug-likeness (QED) is 0.815. The fourth-order valence-electron chi connectivity index (χ4n) is 1.97. The molecule has 1 amide bonds. The van der Waals surface area contributed by atoms with Crippen molar-refractivity contribution in [1.29, 1.82) is 0 Å². The second-order valence-electron chi connectivity index (χ2n) is 4.55. The minimum Gasteiger partial charge on any atom is -0.355 e. The highest BCUT2D eigenvalue weighted by Crippen LogP contribution is 2.33. The number of thioether (sulfide) groups is 1. The molecule has 0 spiro atoms. The van der Waals surface area contributed by atoms with Gasteiger partial charge in [-0.2, -0.15) is 5.10 Å². The molecule has 2 aromatic rings. The van der Waals surface area contributed by atoms with E-state index < -0.39 is 0 Å². The van der Waals surface area contributed by atoms with Crippen LogP contribution in [0.15, 0.2) is 29.3 Å². The van der Waals surface area contributed by atoms with Gasteiger partial charge in [-0.05, 0) is 12.8 Å². The molecule has 110 valence electrons. The first-order chi connectivity index (χ1) is 10.3. The lowest BCUT2D eigenvalue weighted by atomic mass is 10.3. The first-order valence-corrected chi connectivity index (χ1v) is 7.72. The van der Waals surface area contributed by atoms with Crippen LogP contribution in [0.4, 0.5) is 0 Å². The second kappa shape index (κ2) is 6.57. The van der Waals surface area contributed by atoms with Crippen LogP contribution >= 0.6 is 11.8 Å². The number of nitrogens with one attached hydrogen (secondary N) is 1. The van der Waals surface area contributed by atoms with Crippen molar-refractivity contribution in [2.24, 2.45) is 0 Å². The van der Waals surface area contributed by atoms with E-state index in [1.807, 2.05) is 0 Å². The maximum absolute atomic E-state index is 11.9. The second-order valence-corrected chi connectivity index (χ2v) is 5.69. The molecule has 2 aromatic heterocycles. The fourth-order valence-corrected chi connectivity index (χ4v) is 2.90. The number of aromatic nitrogens is 4. The lowest BCUT2D eigenvalue weighted by Gasteiger charge is -2.02. The molecule has 0 saturated heterocycles. The largest absolute Gasteiger partial charge is 0.355 e. The van der Waals surface area contributed by atoms with Crippen molar-refractivity contribution < 1.29 is 9.32 Å². The summed E-state index contributed by atoms with van der Waals surface area (Å²) in [6, 6.07) is 1.69. The van der Waals surface area contributed by atoms with Crippen molar-refractivity contribution in [2.75, 3.05) is 12.3 Å². The van der Waals surface area contributed by atoms with Crippen LogP contribution in [0.25, 0.3) is 4.91 Å². The molecule has 1 N–H and O–H groups in total. The van der Waals surface area contributed by atoms with Crippen LogP contribution in [0.1, 0.15) is 29.1 Å². The van der Waals surface area contributed by atoms with Gasteiger partial charge in [-0.3, -0.25) is 9.48 Å². The van der Waals surface area contributed by atoms with Crippen LogP contribution in [0, 0.1) is 0 Å². The van der Waals surface area contributed by atoms with Crippen molar-refractivity contribution in [3.63, 3.8) is 0 Å². The van der Waals surface area contributed by atoms with Crippen molar-refractivity contribution in [3.8, 4) is 0 Å². The molecule has 0 radical (unpaired) electrons. The predicted molar refractivity (Wildman–Crippen MR) is 78.5 cm³/mol. The molecule has 0 unspecified atom stereocenters. The first kappa shape index (κ1) is 13.9. The summed E-state index contributed by atoms with van der Waals surface area (Å²) in [4.78, 5) is 16.9. The lowest BCUT2D eigenvalue weighted by Crippen LogP contribution is -2.25. The van der Waals surface area contributed by atoms with Gasteiger partial charge in [0.05, 0.1) is 0 Å². The van der Waals surface area contributed by atoms with Gasteiger partial charge in [0.2, 0.25) is 0 Å². The van der Waals surface area contributed by atoms with Crippen LogP contribution < -0.4 is 5.32 Å². The Morgan fingerprint density at radius 2 is 2.48 bits per heavy atom. The molecule has 0 fully saturated rings. The van der Waals surface area contributed by atoms with Gasteiger partial charge in [-0.25, -0.2) is 4.98 Å². The summed E-state index contributed by atoms with van der Waals surface area (Å²) in [5, 5.41) is 10.6. The maximum atomic E-state index is 11.9. The SMILES string of the molecule is O=C(NCCCn1cncn1)c1cc(C2=CCCS2)on1. The first-order valence-electron chi connectivity index (χ1n) is 6.73. The summed E-state index contributed by atoms with van der Waals surface area (Å²) in [5.41, 5.74) is 0.319. The standard InChI is InChI=1S/C13H15N5O2S/c19-13(15-4-2-5-18-9-14-8-16-18)10-7-11(20-17-10)12-3-1-6-21-12/h3,7-9H,1-2,4-6H2,(H,15,19). The molecule has 21 heavy (non-hydrogen) atoms. The summed E-state index contributed by atoms with van der Waals surface area (Å²) >= 11 is 1.72. The van der Waals surface area contributed by atoms with Crippen molar-refractivity contribution in [2.45, 2.75) is 19.4 Å². The van der Waals surface area contributed by atoms with E-state index in [2.05, 4.69) is 26.6 Å². The number of carbonyl (C=O) groups is 1.